The molecule has 2 aromatic carbocycles. The highest BCUT2D eigenvalue weighted by molar-refractivity contribution is 8.00. The average Bonchev–Trinajstić information content (AvgIpc) is 2.41. The minimum atomic E-state index is -3.26. The van der Waals surface area contributed by atoms with E-state index in [0.29, 0.717) is 16.3 Å². The van der Waals surface area contributed by atoms with E-state index in [1.54, 1.807) is 48.5 Å². The molecule has 0 saturated heterocycles. The van der Waals surface area contributed by atoms with Gasteiger partial charge in [0.1, 0.15) is 0 Å². The molecule has 0 saturated carbocycles. The fourth-order valence-electron chi connectivity index (χ4n) is 1.60. The summed E-state index contributed by atoms with van der Waals surface area (Å²) in [4.78, 5) is 2.72. The Balaban J connectivity index is 2.61. The highest BCUT2D eigenvalue weighted by Gasteiger charge is 2.26. The Bertz CT molecular complexity index is 653. The molecule has 1 atom stereocenters. The van der Waals surface area contributed by atoms with Gasteiger partial charge < -0.3 is 0 Å². The van der Waals surface area contributed by atoms with Crippen LogP contribution in [-0.4, -0.2) is 0 Å². The number of nitrogens with zero attached hydrogens (tertiary/aromatic N) is 3. The first-order valence-electron chi connectivity index (χ1n) is 5.16. The molecule has 2 aromatic rings. The van der Waals surface area contributed by atoms with Crippen molar-refractivity contribution in [3.63, 3.8) is 0 Å². The molecule has 0 amide bonds. The Kier molecular flexibility index (Phi) is 3.73. The predicted octanol–water partition coefficient (Wildman–Crippen LogP) is 4.10. The molecule has 0 spiro atoms. The Morgan fingerprint density at radius 1 is 1.06 bits per heavy atom. The first-order chi connectivity index (χ1) is 8.66. The number of azide groups is 1. The van der Waals surface area contributed by atoms with Crippen molar-refractivity contribution in [1.82, 2.24) is 0 Å². The molecule has 0 bridgehead atoms. The molecule has 0 aliphatic rings. The zero-order valence-corrected chi connectivity index (χ0v) is 10.9. The van der Waals surface area contributed by atoms with Crippen LogP contribution in [0.2, 0.25) is 0 Å². The van der Waals surface area contributed by atoms with E-state index in [1.165, 1.54) is 0 Å². The zero-order valence-electron chi connectivity index (χ0n) is 9.27. The van der Waals surface area contributed by atoms with E-state index < -0.39 is 6.49 Å². The normalized spacial score (nSPS) is 13.4. The number of hydrogen-bond donors (Lipinski definition) is 0. The average molecular weight is 278 g/mol. The van der Waals surface area contributed by atoms with E-state index in [9.17, 15) is 4.57 Å². The third-order valence-electron chi connectivity index (χ3n) is 2.43. The second-order valence-electron chi connectivity index (χ2n) is 3.55. The van der Waals surface area contributed by atoms with Crippen LogP contribution in [0.3, 0.4) is 0 Å². The lowest BCUT2D eigenvalue weighted by Gasteiger charge is -2.13. The number of hydrogen-bond acceptors (Lipinski definition) is 2. The number of benzene rings is 2. The van der Waals surface area contributed by atoms with Gasteiger partial charge >= 0.3 is 0 Å². The summed E-state index contributed by atoms with van der Waals surface area (Å²) in [6.07, 6.45) is 0. The van der Waals surface area contributed by atoms with Gasteiger partial charge in [0, 0.05) is 21.2 Å². The van der Waals surface area contributed by atoms with Crippen LogP contribution in [0.4, 0.5) is 5.69 Å². The molecule has 6 heteroatoms. The van der Waals surface area contributed by atoms with Gasteiger partial charge in [-0.2, -0.15) is 0 Å². The van der Waals surface area contributed by atoms with Gasteiger partial charge in [-0.3, -0.25) is 4.57 Å². The molecule has 4 nitrogen and oxygen atoms in total. The van der Waals surface area contributed by atoms with Gasteiger partial charge in [0.2, 0.25) is 6.49 Å². The lowest BCUT2D eigenvalue weighted by molar-refractivity contribution is 0.595. The number of halogens is 1. The van der Waals surface area contributed by atoms with Crippen molar-refractivity contribution in [3.8, 4) is 0 Å². The standard InChI is InChI=1S/C12H9ClN3OP/c13-18(17,10-6-2-1-3-7-10)12-9-5-4-8-11(12)15-16-14/h1-9H. The molecule has 0 heterocycles. The maximum absolute atomic E-state index is 12.7. The molecule has 0 N–H and O–H groups in total. The first kappa shape index (κ1) is 12.7. The highest BCUT2D eigenvalue weighted by atomic mass is 35.7. The Morgan fingerprint density at radius 3 is 2.33 bits per heavy atom. The lowest BCUT2D eigenvalue weighted by atomic mass is 10.3. The van der Waals surface area contributed by atoms with E-state index in [2.05, 4.69) is 10.0 Å². The Labute approximate surface area is 109 Å². The van der Waals surface area contributed by atoms with E-state index >= 15 is 0 Å². The van der Waals surface area contributed by atoms with Crippen LogP contribution < -0.4 is 10.6 Å². The van der Waals surface area contributed by atoms with Crippen LogP contribution in [0, 0.1) is 0 Å². The van der Waals surface area contributed by atoms with Gasteiger partial charge in [-0.15, -0.1) is 0 Å². The van der Waals surface area contributed by atoms with Crippen LogP contribution >= 0.6 is 17.7 Å². The van der Waals surface area contributed by atoms with Gasteiger partial charge in [-0.1, -0.05) is 53.6 Å². The highest BCUT2D eigenvalue weighted by Crippen LogP contribution is 2.50. The quantitative estimate of drug-likeness (QED) is 0.360. The Hall–Kier alpha value is -1.73. The maximum atomic E-state index is 12.7. The first-order valence-corrected chi connectivity index (χ1v) is 7.77. The van der Waals surface area contributed by atoms with E-state index in [0.717, 1.165) is 0 Å². The van der Waals surface area contributed by atoms with Gasteiger partial charge in [0.25, 0.3) is 0 Å². The van der Waals surface area contributed by atoms with Crippen molar-refractivity contribution in [2.75, 3.05) is 0 Å². The van der Waals surface area contributed by atoms with Crippen LogP contribution in [0.5, 0.6) is 0 Å². The molecule has 0 fully saturated rings. The van der Waals surface area contributed by atoms with E-state index in [1.807, 2.05) is 6.07 Å². The van der Waals surface area contributed by atoms with Crippen LogP contribution in [0.1, 0.15) is 0 Å². The van der Waals surface area contributed by atoms with Crippen molar-refractivity contribution >= 4 is 34.0 Å². The molecule has 1 unspecified atom stereocenters. The van der Waals surface area contributed by atoms with Crippen molar-refractivity contribution < 1.29 is 4.57 Å². The van der Waals surface area contributed by atoms with Crippen LogP contribution in [0.25, 0.3) is 10.4 Å². The van der Waals surface area contributed by atoms with E-state index in [4.69, 9.17) is 16.8 Å². The van der Waals surface area contributed by atoms with Crippen molar-refractivity contribution in [3.05, 3.63) is 65.0 Å². The molecule has 90 valence electrons. The van der Waals surface area contributed by atoms with Crippen molar-refractivity contribution in [2.45, 2.75) is 0 Å². The molecule has 0 radical (unpaired) electrons. The molecule has 0 aliphatic carbocycles. The molecule has 0 aliphatic heterocycles. The molecular weight excluding hydrogens is 269 g/mol. The summed E-state index contributed by atoms with van der Waals surface area (Å²) in [7, 11) is 0. The zero-order chi connectivity index (χ0) is 13.0. The largest absolute Gasteiger partial charge is 0.296 e. The van der Waals surface area contributed by atoms with Crippen molar-refractivity contribution in [2.24, 2.45) is 5.11 Å². The summed E-state index contributed by atoms with van der Waals surface area (Å²) in [5.41, 5.74) is 8.80. The second kappa shape index (κ2) is 5.28. The van der Waals surface area contributed by atoms with Gasteiger partial charge in [-0.25, -0.2) is 0 Å². The van der Waals surface area contributed by atoms with E-state index in [-0.39, 0.29) is 0 Å². The summed E-state index contributed by atoms with van der Waals surface area (Å²) in [5.74, 6) is 0. The molecule has 18 heavy (non-hydrogen) atoms. The van der Waals surface area contributed by atoms with Gasteiger partial charge in [0.05, 0.1) is 0 Å². The summed E-state index contributed by atoms with van der Waals surface area (Å²) in [5, 5.41) is 4.40. The summed E-state index contributed by atoms with van der Waals surface area (Å²) >= 11 is 6.20. The topological polar surface area (TPSA) is 65.8 Å². The smallest absolute Gasteiger partial charge is 0.226 e. The monoisotopic (exact) mass is 277 g/mol. The molecular formula is C12H9ClN3OP. The second-order valence-corrected chi connectivity index (χ2v) is 7.04. The van der Waals surface area contributed by atoms with Crippen molar-refractivity contribution in [1.29, 1.82) is 0 Å². The SMILES string of the molecule is [N-]=[N+]=Nc1ccccc1P(=O)(Cl)c1ccccc1. The lowest BCUT2D eigenvalue weighted by Crippen LogP contribution is -2.11. The maximum Gasteiger partial charge on any atom is 0.226 e. The molecule has 0 aromatic heterocycles. The summed E-state index contributed by atoms with van der Waals surface area (Å²) in [6, 6.07) is 15.4. The van der Waals surface area contributed by atoms with Crippen LogP contribution in [-0.2, 0) is 4.57 Å². The summed E-state index contributed by atoms with van der Waals surface area (Å²) < 4.78 is 12.7. The third kappa shape index (κ3) is 2.41. The fourth-order valence-corrected chi connectivity index (χ4v) is 3.89. The minimum Gasteiger partial charge on any atom is -0.296 e. The minimum absolute atomic E-state index is 0.294. The Morgan fingerprint density at radius 2 is 1.67 bits per heavy atom. The van der Waals surface area contributed by atoms with Gasteiger partial charge in [-0.05, 0) is 22.8 Å². The summed E-state index contributed by atoms with van der Waals surface area (Å²) in [6.45, 7) is -3.26. The number of rotatable bonds is 3. The van der Waals surface area contributed by atoms with Gasteiger partial charge in [0.15, 0.2) is 0 Å². The predicted molar refractivity (Wildman–Crippen MR) is 74.4 cm³/mol. The van der Waals surface area contributed by atoms with Crippen LogP contribution in [0.15, 0.2) is 59.7 Å². The fraction of sp³-hybridized carbons (Fsp3) is 0. The molecule has 2 rings (SSSR count). The third-order valence-corrected chi connectivity index (χ3v) is 5.52.